The van der Waals surface area contributed by atoms with E-state index < -0.39 is 5.97 Å². The van der Waals surface area contributed by atoms with E-state index in [0.29, 0.717) is 13.2 Å². The van der Waals surface area contributed by atoms with E-state index in [4.69, 9.17) is 14.6 Å². The van der Waals surface area contributed by atoms with Gasteiger partial charge in [0.2, 0.25) is 0 Å². The number of aliphatic carboxylic acids is 1. The van der Waals surface area contributed by atoms with Crippen molar-refractivity contribution in [3.63, 3.8) is 0 Å². The number of carboxylic acid groups (broad SMARTS) is 1. The Morgan fingerprint density at radius 2 is 1.94 bits per heavy atom. The van der Waals surface area contributed by atoms with Crippen molar-refractivity contribution in [3.05, 3.63) is 77.1 Å². The van der Waals surface area contributed by atoms with Crippen molar-refractivity contribution in [1.29, 1.82) is 0 Å². The second-order valence-corrected chi connectivity index (χ2v) is 9.19. The standard InChI is InChI=1S/C28H30N2O4/c1-3-11-30(22-9-7-18(2)29-15-22)25-6-4-5-24-20(17-34-28(24)25)12-19-8-10-23-21(14-27(31)32)16-33-26(23)13-19/h4-10,13,15,20-21H,3,11-12,14,16-17H2,1-2H3,(H,31,32)/t20?,21-/m1/s1. The van der Waals surface area contributed by atoms with Crippen LogP contribution in [0.25, 0.3) is 0 Å². The fourth-order valence-electron chi connectivity index (χ4n) is 5.02. The van der Waals surface area contributed by atoms with Crippen LogP contribution in [0.3, 0.4) is 0 Å². The molecule has 176 valence electrons. The Bertz CT molecular complexity index is 1190. The minimum Gasteiger partial charge on any atom is -0.493 e. The van der Waals surface area contributed by atoms with E-state index in [1.807, 2.05) is 25.3 Å². The molecule has 0 fully saturated rings. The number of ether oxygens (including phenoxy) is 2. The fraction of sp³-hybridized carbons (Fsp3) is 0.357. The lowest BCUT2D eigenvalue weighted by atomic mass is 9.91. The van der Waals surface area contributed by atoms with Crippen LogP contribution < -0.4 is 14.4 Å². The Hall–Kier alpha value is -3.54. The van der Waals surface area contributed by atoms with E-state index in [-0.39, 0.29) is 18.3 Å². The third kappa shape index (κ3) is 4.32. The minimum atomic E-state index is -0.792. The maximum absolute atomic E-state index is 11.1. The van der Waals surface area contributed by atoms with Gasteiger partial charge in [0.05, 0.1) is 37.2 Å². The van der Waals surface area contributed by atoms with Crippen molar-refractivity contribution in [2.45, 2.75) is 44.9 Å². The number of nitrogens with zero attached hydrogens (tertiary/aromatic N) is 2. The first kappa shape index (κ1) is 22.3. The summed E-state index contributed by atoms with van der Waals surface area (Å²) < 4.78 is 12.1. The molecule has 0 spiro atoms. The molecule has 34 heavy (non-hydrogen) atoms. The molecule has 5 rings (SSSR count). The van der Waals surface area contributed by atoms with Gasteiger partial charge in [-0.1, -0.05) is 31.2 Å². The number of aryl methyl sites for hydroxylation is 1. The van der Waals surface area contributed by atoms with Crippen LogP contribution in [0.15, 0.2) is 54.7 Å². The second kappa shape index (κ2) is 9.37. The number of anilines is 2. The molecular weight excluding hydrogens is 428 g/mol. The quantitative estimate of drug-likeness (QED) is 0.473. The predicted molar refractivity (Wildman–Crippen MR) is 132 cm³/mol. The molecule has 1 aromatic heterocycles. The number of carboxylic acids is 1. The van der Waals surface area contributed by atoms with Gasteiger partial charge in [0.25, 0.3) is 0 Å². The van der Waals surface area contributed by atoms with Crippen LogP contribution >= 0.6 is 0 Å². The SMILES string of the molecule is CCCN(c1ccc(C)nc1)c1cccc2c1OCC2Cc1ccc2c(c1)OC[C@H]2CC(=O)O. The zero-order chi connectivity index (χ0) is 23.7. The molecule has 0 amide bonds. The van der Waals surface area contributed by atoms with Crippen molar-refractivity contribution >= 4 is 17.3 Å². The molecule has 3 aromatic rings. The van der Waals surface area contributed by atoms with Crippen LogP contribution in [0, 0.1) is 6.92 Å². The van der Waals surface area contributed by atoms with E-state index in [1.54, 1.807) is 0 Å². The largest absolute Gasteiger partial charge is 0.493 e. The van der Waals surface area contributed by atoms with Crippen LogP contribution in [0.2, 0.25) is 0 Å². The van der Waals surface area contributed by atoms with Crippen molar-refractivity contribution in [3.8, 4) is 11.5 Å². The monoisotopic (exact) mass is 458 g/mol. The van der Waals surface area contributed by atoms with Gasteiger partial charge >= 0.3 is 5.97 Å². The number of aromatic nitrogens is 1. The molecular formula is C28H30N2O4. The molecule has 0 bridgehead atoms. The number of pyridine rings is 1. The highest BCUT2D eigenvalue weighted by atomic mass is 16.5. The van der Waals surface area contributed by atoms with Crippen molar-refractivity contribution in [2.75, 3.05) is 24.7 Å². The minimum absolute atomic E-state index is 0.0690. The summed E-state index contributed by atoms with van der Waals surface area (Å²) in [5.41, 5.74) is 6.56. The molecule has 0 saturated heterocycles. The lowest BCUT2D eigenvalue weighted by Gasteiger charge is -2.26. The van der Waals surface area contributed by atoms with Gasteiger partial charge in [-0.3, -0.25) is 9.78 Å². The Balaban J connectivity index is 1.39. The maximum atomic E-state index is 11.1. The molecule has 0 radical (unpaired) electrons. The number of carbonyl (C=O) groups is 1. The highest BCUT2D eigenvalue weighted by molar-refractivity contribution is 5.72. The molecule has 2 aliphatic rings. The van der Waals surface area contributed by atoms with Crippen LogP contribution in [0.4, 0.5) is 11.4 Å². The molecule has 6 nitrogen and oxygen atoms in total. The molecule has 2 atom stereocenters. The summed E-state index contributed by atoms with van der Waals surface area (Å²) >= 11 is 0. The summed E-state index contributed by atoms with van der Waals surface area (Å²) in [6.45, 7) is 6.13. The highest BCUT2D eigenvalue weighted by Gasteiger charge is 2.30. The summed E-state index contributed by atoms with van der Waals surface area (Å²) in [6, 6.07) is 16.8. The third-order valence-electron chi connectivity index (χ3n) is 6.70. The molecule has 0 aliphatic carbocycles. The van der Waals surface area contributed by atoms with Gasteiger partial charge in [-0.05, 0) is 49.6 Å². The van der Waals surface area contributed by atoms with Crippen molar-refractivity contribution < 1.29 is 19.4 Å². The van der Waals surface area contributed by atoms with Gasteiger partial charge in [0.1, 0.15) is 11.5 Å². The van der Waals surface area contributed by atoms with Gasteiger partial charge in [0, 0.05) is 35.2 Å². The van der Waals surface area contributed by atoms with Crippen molar-refractivity contribution in [2.24, 2.45) is 0 Å². The van der Waals surface area contributed by atoms with Gasteiger partial charge in [-0.25, -0.2) is 0 Å². The molecule has 3 heterocycles. The summed E-state index contributed by atoms with van der Waals surface area (Å²) in [4.78, 5) is 17.9. The van der Waals surface area contributed by atoms with E-state index in [1.165, 1.54) is 11.1 Å². The molecule has 1 unspecified atom stereocenters. The molecule has 2 aromatic carbocycles. The van der Waals surface area contributed by atoms with Crippen LogP contribution in [-0.2, 0) is 11.2 Å². The Morgan fingerprint density at radius 3 is 2.71 bits per heavy atom. The average Bonchev–Trinajstić information content (AvgIpc) is 3.42. The highest BCUT2D eigenvalue weighted by Crippen LogP contribution is 2.45. The maximum Gasteiger partial charge on any atom is 0.304 e. The average molecular weight is 459 g/mol. The van der Waals surface area contributed by atoms with E-state index in [0.717, 1.165) is 53.5 Å². The number of para-hydroxylation sites is 1. The number of hydrogen-bond donors (Lipinski definition) is 1. The van der Waals surface area contributed by atoms with Gasteiger partial charge in [-0.15, -0.1) is 0 Å². The van der Waals surface area contributed by atoms with Crippen molar-refractivity contribution in [1.82, 2.24) is 4.98 Å². The van der Waals surface area contributed by atoms with E-state index >= 15 is 0 Å². The first-order chi connectivity index (χ1) is 16.5. The van der Waals surface area contributed by atoms with E-state index in [9.17, 15) is 4.79 Å². The molecule has 0 saturated carbocycles. The van der Waals surface area contributed by atoms with Crippen LogP contribution in [0.5, 0.6) is 11.5 Å². The Kier molecular flexibility index (Phi) is 6.14. The van der Waals surface area contributed by atoms with Gasteiger partial charge in [0.15, 0.2) is 0 Å². The molecule has 2 aliphatic heterocycles. The molecule has 6 heteroatoms. The lowest BCUT2D eigenvalue weighted by Crippen LogP contribution is -2.18. The second-order valence-electron chi connectivity index (χ2n) is 9.19. The van der Waals surface area contributed by atoms with Crippen LogP contribution in [-0.4, -0.2) is 35.8 Å². The first-order valence-electron chi connectivity index (χ1n) is 12.0. The Morgan fingerprint density at radius 1 is 1.09 bits per heavy atom. The molecule has 1 N–H and O–H groups in total. The van der Waals surface area contributed by atoms with Gasteiger partial charge < -0.3 is 19.5 Å². The normalized spacial score (nSPS) is 18.1. The lowest BCUT2D eigenvalue weighted by molar-refractivity contribution is -0.137. The summed E-state index contributed by atoms with van der Waals surface area (Å²) in [6.07, 6.45) is 3.89. The fourth-order valence-corrected chi connectivity index (χ4v) is 5.02. The van der Waals surface area contributed by atoms with Gasteiger partial charge in [-0.2, -0.15) is 0 Å². The predicted octanol–water partition coefficient (Wildman–Crippen LogP) is 5.61. The first-order valence-corrected chi connectivity index (χ1v) is 12.0. The number of benzene rings is 2. The summed E-state index contributed by atoms with van der Waals surface area (Å²) in [5.74, 6) is 1.17. The van der Waals surface area contributed by atoms with E-state index in [2.05, 4.69) is 53.2 Å². The Labute approximate surface area is 200 Å². The zero-order valence-corrected chi connectivity index (χ0v) is 19.7. The third-order valence-corrected chi connectivity index (χ3v) is 6.70. The summed E-state index contributed by atoms with van der Waals surface area (Å²) in [5, 5.41) is 9.14. The summed E-state index contributed by atoms with van der Waals surface area (Å²) in [7, 11) is 0. The number of fused-ring (bicyclic) bond motifs is 2. The smallest absolute Gasteiger partial charge is 0.304 e. The number of rotatable bonds is 8. The zero-order valence-electron chi connectivity index (χ0n) is 19.7. The topological polar surface area (TPSA) is 71.9 Å². The van der Waals surface area contributed by atoms with Crippen LogP contribution in [0.1, 0.15) is 54.0 Å². The number of hydrogen-bond acceptors (Lipinski definition) is 5.